The molecule has 0 unspecified atom stereocenters. The Labute approximate surface area is 85.1 Å². The third-order valence-corrected chi connectivity index (χ3v) is 2.02. The summed E-state index contributed by atoms with van der Waals surface area (Å²) in [6.07, 6.45) is -2.60. The molecular formula is C10H11F4N. The molecule has 0 heterocycles. The number of likely N-dealkylation sites (N-methyl/N-ethyl adjacent to an activating group) is 1. The van der Waals surface area contributed by atoms with Crippen molar-refractivity contribution < 1.29 is 17.6 Å². The van der Waals surface area contributed by atoms with Crippen LogP contribution in [0.15, 0.2) is 12.1 Å². The average Bonchev–Trinajstić information content (AvgIpc) is 2.19. The van der Waals surface area contributed by atoms with Crippen LogP contribution < -0.4 is 5.32 Å². The van der Waals surface area contributed by atoms with Gasteiger partial charge in [0.15, 0.2) is 11.6 Å². The maximum atomic E-state index is 13.1. The monoisotopic (exact) mass is 221 g/mol. The predicted molar refractivity (Wildman–Crippen MR) is 48.9 cm³/mol. The normalized spacial score (nSPS) is 11.1. The van der Waals surface area contributed by atoms with Gasteiger partial charge in [0.05, 0.1) is 0 Å². The molecule has 0 bridgehead atoms. The van der Waals surface area contributed by atoms with Crippen molar-refractivity contribution in [2.45, 2.75) is 12.8 Å². The van der Waals surface area contributed by atoms with E-state index >= 15 is 0 Å². The lowest BCUT2D eigenvalue weighted by Gasteiger charge is -2.07. The van der Waals surface area contributed by atoms with Gasteiger partial charge >= 0.3 is 0 Å². The summed E-state index contributed by atoms with van der Waals surface area (Å²) in [5.74, 6) is -2.27. The molecule has 84 valence electrons. The molecule has 0 radical (unpaired) electrons. The lowest BCUT2D eigenvalue weighted by atomic mass is 10.1. The number of nitrogens with one attached hydrogen (secondary N) is 1. The molecule has 0 saturated heterocycles. The van der Waals surface area contributed by atoms with Gasteiger partial charge in [-0.1, -0.05) is 0 Å². The minimum Gasteiger partial charge on any atom is -0.319 e. The summed E-state index contributed by atoms with van der Waals surface area (Å²) < 4.78 is 50.6. The fraction of sp³-hybridized carbons (Fsp3) is 0.400. The van der Waals surface area contributed by atoms with E-state index in [4.69, 9.17) is 0 Å². The molecule has 0 fully saturated rings. The highest BCUT2D eigenvalue weighted by Gasteiger charge is 2.15. The second-order valence-corrected chi connectivity index (χ2v) is 3.13. The van der Waals surface area contributed by atoms with Crippen molar-refractivity contribution >= 4 is 0 Å². The van der Waals surface area contributed by atoms with Crippen molar-refractivity contribution in [3.05, 3.63) is 34.9 Å². The molecule has 1 nitrogen and oxygen atoms in total. The van der Waals surface area contributed by atoms with E-state index in [9.17, 15) is 17.6 Å². The van der Waals surface area contributed by atoms with Crippen LogP contribution in [0.3, 0.4) is 0 Å². The minimum absolute atomic E-state index is 0.0281. The van der Waals surface area contributed by atoms with Crippen molar-refractivity contribution in [3.63, 3.8) is 0 Å². The third kappa shape index (κ3) is 2.92. The fourth-order valence-electron chi connectivity index (χ4n) is 1.24. The topological polar surface area (TPSA) is 12.0 Å². The summed E-state index contributed by atoms with van der Waals surface area (Å²) in [5.41, 5.74) is -0.514. The molecule has 1 aromatic carbocycles. The number of alkyl halides is 2. The maximum absolute atomic E-state index is 13.1. The number of benzene rings is 1. The molecule has 0 spiro atoms. The first kappa shape index (κ1) is 12.0. The van der Waals surface area contributed by atoms with E-state index < -0.39 is 23.6 Å². The number of hydrogen-bond donors (Lipinski definition) is 1. The Morgan fingerprint density at radius 2 is 1.93 bits per heavy atom. The van der Waals surface area contributed by atoms with E-state index in [1.807, 2.05) is 0 Å². The summed E-state index contributed by atoms with van der Waals surface area (Å²) in [4.78, 5) is 0. The van der Waals surface area contributed by atoms with E-state index in [1.165, 1.54) is 0 Å². The molecule has 5 heteroatoms. The Kier molecular flexibility index (Phi) is 4.08. The van der Waals surface area contributed by atoms with Crippen molar-refractivity contribution in [2.75, 3.05) is 13.6 Å². The lowest BCUT2D eigenvalue weighted by molar-refractivity contribution is 0.150. The first-order chi connectivity index (χ1) is 7.06. The Hall–Kier alpha value is -1.10. The Morgan fingerprint density at radius 3 is 2.47 bits per heavy atom. The van der Waals surface area contributed by atoms with Gasteiger partial charge in [-0.2, -0.15) is 0 Å². The van der Waals surface area contributed by atoms with Crippen LogP contribution in [0.4, 0.5) is 17.6 Å². The van der Waals surface area contributed by atoms with Crippen molar-refractivity contribution in [3.8, 4) is 0 Å². The minimum atomic E-state index is -2.78. The second-order valence-electron chi connectivity index (χ2n) is 3.13. The Balaban J connectivity index is 3.02. The van der Waals surface area contributed by atoms with Gasteiger partial charge in [0.2, 0.25) is 0 Å². The molecule has 0 aromatic heterocycles. The summed E-state index contributed by atoms with van der Waals surface area (Å²) in [6, 6.07) is 1.53. The largest absolute Gasteiger partial charge is 0.319 e. The van der Waals surface area contributed by atoms with Crippen LogP contribution >= 0.6 is 0 Å². The molecule has 1 N–H and O–H groups in total. The predicted octanol–water partition coefficient (Wildman–Crippen LogP) is 2.66. The first-order valence-electron chi connectivity index (χ1n) is 4.46. The van der Waals surface area contributed by atoms with Crippen molar-refractivity contribution in [2.24, 2.45) is 0 Å². The van der Waals surface area contributed by atoms with Crippen LogP contribution in [0.2, 0.25) is 0 Å². The molecule has 0 saturated carbocycles. The SMILES string of the molecule is CNCCc1cc(C(F)F)cc(F)c1F. The van der Waals surface area contributed by atoms with Crippen molar-refractivity contribution in [1.82, 2.24) is 5.32 Å². The fourth-order valence-corrected chi connectivity index (χ4v) is 1.24. The summed E-state index contributed by atoms with van der Waals surface area (Å²) >= 11 is 0. The van der Waals surface area contributed by atoms with Crippen LogP contribution in [-0.2, 0) is 6.42 Å². The van der Waals surface area contributed by atoms with Gasteiger partial charge in [-0.25, -0.2) is 17.6 Å². The zero-order chi connectivity index (χ0) is 11.4. The van der Waals surface area contributed by atoms with Crippen LogP contribution in [-0.4, -0.2) is 13.6 Å². The smallest absolute Gasteiger partial charge is 0.263 e. The summed E-state index contributed by atoms with van der Waals surface area (Å²) in [6.45, 7) is 0.406. The highest BCUT2D eigenvalue weighted by molar-refractivity contribution is 5.27. The van der Waals surface area contributed by atoms with Gasteiger partial charge < -0.3 is 5.32 Å². The lowest BCUT2D eigenvalue weighted by Crippen LogP contribution is -2.12. The molecule has 0 aliphatic rings. The first-order valence-corrected chi connectivity index (χ1v) is 4.46. The molecule has 1 aromatic rings. The zero-order valence-corrected chi connectivity index (χ0v) is 8.16. The number of rotatable bonds is 4. The molecular weight excluding hydrogens is 210 g/mol. The summed E-state index contributed by atoms with van der Waals surface area (Å²) in [7, 11) is 1.64. The zero-order valence-electron chi connectivity index (χ0n) is 8.16. The molecule has 15 heavy (non-hydrogen) atoms. The number of halogens is 4. The summed E-state index contributed by atoms with van der Waals surface area (Å²) in [5, 5.41) is 2.73. The van der Waals surface area contributed by atoms with Crippen LogP contribution in [0.25, 0.3) is 0 Å². The molecule has 0 aliphatic heterocycles. The van der Waals surface area contributed by atoms with E-state index in [1.54, 1.807) is 7.05 Å². The molecule has 0 atom stereocenters. The van der Waals surface area contributed by atoms with Crippen LogP contribution in [0, 0.1) is 11.6 Å². The molecule has 0 amide bonds. The van der Waals surface area contributed by atoms with Gasteiger partial charge in [0.25, 0.3) is 6.43 Å². The van der Waals surface area contributed by atoms with E-state index in [2.05, 4.69) is 5.32 Å². The Morgan fingerprint density at radius 1 is 1.27 bits per heavy atom. The van der Waals surface area contributed by atoms with Gasteiger partial charge in [-0.05, 0) is 37.7 Å². The van der Waals surface area contributed by atoms with Gasteiger partial charge in [-0.3, -0.25) is 0 Å². The second kappa shape index (κ2) is 5.11. The standard InChI is InChI=1S/C10H11F4N/c1-15-3-2-6-4-7(10(13)14)5-8(11)9(6)12/h4-5,10,15H,2-3H2,1H3. The van der Waals surface area contributed by atoms with Crippen molar-refractivity contribution in [1.29, 1.82) is 0 Å². The molecule has 0 aliphatic carbocycles. The van der Waals surface area contributed by atoms with Gasteiger partial charge in [0, 0.05) is 5.56 Å². The number of hydrogen-bond acceptors (Lipinski definition) is 1. The third-order valence-electron chi connectivity index (χ3n) is 2.02. The van der Waals surface area contributed by atoms with E-state index in [-0.39, 0.29) is 12.0 Å². The molecule has 1 rings (SSSR count). The van der Waals surface area contributed by atoms with Crippen LogP contribution in [0.5, 0.6) is 0 Å². The van der Waals surface area contributed by atoms with E-state index in [0.717, 1.165) is 6.07 Å². The highest BCUT2D eigenvalue weighted by atomic mass is 19.3. The average molecular weight is 221 g/mol. The highest BCUT2D eigenvalue weighted by Crippen LogP contribution is 2.23. The van der Waals surface area contributed by atoms with Gasteiger partial charge in [-0.15, -0.1) is 0 Å². The Bertz CT molecular complexity index is 338. The van der Waals surface area contributed by atoms with Gasteiger partial charge in [0.1, 0.15) is 0 Å². The van der Waals surface area contributed by atoms with E-state index in [0.29, 0.717) is 12.6 Å². The maximum Gasteiger partial charge on any atom is 0.263 e. The quantitative estimate of drug-likeness (QED) is 0.771. The van der Waals surface area contributed by atoms with Crippen LogP contribution in [0.1, 0.15) is 17.6 Å².